The number of aromatic hydroxyl groups is 1. The lowest BCUT2D eigenvalue weighted by molar-refractivity contribution is -0.142. The normalized spacial score (nSPS) is 16.3. The predicted molar refractivity (Wildman–Crippen MR) is 45.5 cm³/mol. The Hall–Kier alpha value is -1.53. The summed E-state index contributed by atoms with van der Waals surface area (Å²) in [6.07, 6.45) is -2.94. The zero-order chi connectivity index (χ0) is 11.1. The fourth-order valence-electron chi connectivity index (χ4n) is 1.24. The number of rotatable bonds is 1. The van der Waals surface area contributed by atoms with Crippen molar-refractivity contribution in [1.82, 2.24) is 9.97 Å². The summed E-state index contributed by atoms with van der Waals surface area (Å²) >= 11 is 0. The van der Waals surface area contributed by atoms with E-state index < -0.39 is 17.6 Å². The van der Waals surface area contributed by atoms with Gasteiger partial charge >= 0.3 is 6.18 Å². The Labute approximate surface area is 83.4 Å². The van der Waals surface area contributed by atoms with E-state index in [0.717, 1.165) is 12.6 Å². The van der Waals surface area contributed by atoms with Gasteiger partial charge in [-0.05, 0) is 6.42 Å². The molecule has 1 aromatic rings. The Morgan fingerprint density at radius 2 is 2.00 bits per heavy atom. The molecule has 1 saturated heterocycles. The van der Waals surface area contributed by atoms with Crippen LogP contribution in [0.3, 0.4) is 0 Å². The van der Waals surface area contributed by atoms with Crippen LogP contribution in [-0.2, 0) is 6.18 Å². The smallest absolute Gasteiger partial charge is 0.437 e. The molecular formula is C8H8F3N3O. The average Bonchev–Trinajstić information content (AvgIpc) is 2.03. The Morgan fingerprint density at radius 3 is 2.47 bits per heavy atom. The molecule has 0 saturated carbocycles. The van der Waals surface area contributed by atoms with Gasteiger partial charge in [-0.3, -0.25) is 0 Å². The molecule has 0 bridgehead atoms. The fraction of sp³-hybridized carbons (Fsp3) is 0.500. The van der Waals surface area contributed by atoms with E-state index >= 15 is 0 Å². The maximum Gasteiger partial charge on any atom is 0.437 e. The Balaban J connectivity index is 2.36. The monoisotopic (exact) mass is 219 g/mol. The number of hydrogen-bond donors (Lipinski definition) is 1. The van der Waals surface area contributed by atoms with E-state index in [1.807, 2.05) is 0 Å². The summed E-state index contributed by atoms with van der Waals surface area (Å²) in [6, 6.07) is 0. The van der Waals surface area contributed by atoms with Gasteiger partial charge in [-0.1, -0.05) is 0 Å². The summed E-state index contributed by atoms with van der Waals surface area (Å²) in [5.41, 5.74) is -1.28. The molecule has 1 fully saturated rings. The number of alkyl halides is 3. The second kappa shape index (κ2) is 3.25. The van der Waals surface area contributed by atoms with E-state index in [-0.39, 0.29) is 5.95 Å². The molecule has 82 valence electrons. The molecule has 4 nitrogen and oxygen atoms in total. The minimum absolute atomic E-state index is 0.0198. The van der Waals surface area contributed by atoms with Crippen LogP contribution in [0.15, 0.2) is 6.20 Å². The molecule has 2 heterocycles. The van der Waals surface area contributed by atoms with Gasteiger partial charge in [-0.2, -0.15) is 13.2 Å². The first kappa shape index (κ1) is 10.0. The lowest BCUT2D eigenvalue weighted by atomic mass is 10.2. The molecule has 7 heteroatoms. The maximum atomic E-state index is 12.3. The molecule has 0 amide bonds. The lowest BCUT2D eigenvalue weighted by Gasteiger charge is -2.30. The highest BCUT2D eigenvalue weighted by Crippen LogP contribution is 2.34. The molecule has 1 aliphatic rings. The number of aromatic nitrogens is 2. The molecule has 0 atom stereocenters. The van der Waals surface area contributed by atoms with Crippen LogP contribution in [0.25, 0.3) is 0 Å². The van der Waals surface area contributed by atoms with Gasteiger partial charge in [0.25, 0.3) is 0 Å². The van der Waals surface area contributed by atoms with Crippen molar-refractivity contribution in [1.29, 1.82) is 0 Å². The average molecular weight is 219 g/mol. The van der Waals surface area contributed by atoms with Crippen molar-refractivity contribution in [2.75, 3.05) is 18.0 Å². The number of hydrogen-bond acceptors (Lipinski definition) is 4. The predicted octanol–water partition coefficient (Wildman–Crippen LogP) is 1.41. The second-order valence-electron chi connectivity index (χ2n) is 3.24. The Morgan fingerprint density at radius 1 is 1.33 bits per heavy atom. The van der Waals surface area contributed by atoms with Gasteiger partial charge in [-0.25, -0.2) is 9.97 Å². The third-order valence-electron chi connectivity index (χ3n) is 2.16. The Bertz CT molecular complexity index is 376. The van der Waals surface area contributed by atoms with Crippen LogP contribution in [-0.4, -0.2) is 28.2 Å². The van der Waals surface area contributed by atoms with Crippen molar-refractivity contribution in [2.45, 2.75) is 12.6 Å². The van der Waals surface area contributed by atoms with Crippen LogP contribution < -0.4 is 4.90 Å². The molecule has 2 rings (SSSR count). The molecule has 0 aromatic carbocycles. The molecule has 0 spiro atoms. The minimum Gasteiger partial charge on any atom is -0.504 e. The summed E-state index contributed by atoms with van der Waals surface area (Å²) in [5, 5.41) is 8.98. The molecule has 1 N–H and O–H groups in total. The third-order valence-corrected chi connectivity index (χ3v) is 2.16. The first-order chi connectivity index (χ1) is 6.98. The van der Waals surface area contributed by atoms with Gasteiger partial charge in [0, 0.05) is 13.1 Å². The van der Waals surface area contributed by atoms with E-state index in [1.165, 1.54) is 0 Å². The van der Waals surface area contributed by atoms with Gasteiger partial charge in [0.2, 0.25) is 5.95 Å². The van der Waals surface area contributed by atoms with Gasteiger partial charge in [0.15, 0.2) is 11.4 Å². The number of nitrogens with zero attached hydrogens (tertiary/aromatic N) is 3. The SMILES string of the molecule is Oc1cnc(N2CCC2)nc1C(F)(F)F. The van der Waals surface area contributed by atoms with E-state index in [4.69, 9.17) is 5.11 Å². The highest BCUT2D eigenvalue weighted by Gasteiger charge is 2.37. The van der Waals surface area contributed by atoms with Crippen molar-refractivity contribution in [3.63, 3.8) is 0 Å². The quantitative estimate of drug-likeness (QED) is 0.775. The molecule has 0 aliphatic carbocycles. The summed E-state index contributed by atoms with van der Waals surface area (Å²) in [6.45, 7) is 1.31. The summed E-state index contributed by atoms with van der Waals surface area (Å²) in [5.74, 6) is -0.918. The molecule has 0 unspecified atom stereocenters. The van der Waals surface area contributed by atoms with E-state index in [2.05, 4.69) is 9.97 Å². The maximum absolute atomic E-state index is 12.3. The lowest BCUT2D eigenvalue weighted by Crippen LogP contribution is -2.38. The molecule has 1 aromatic heterocycles. The second-order valence-corrected chi connectivity index (χ2v) is 3.24. The first-order valence-corrected chi connectivity index (χ1v) is 4.36. The van der Waals surface area contributed by atoms with Gasteiger partial charge < -0.3 is 10.0 Å². The molecule has 15 heavy (non-hydrogen) atoms. The van der Waals surface area contributed by atoms with E-state index in [9.17, 15) is 13.2 Å². The van der Waals surface area contributed by atoms with Crippen LogP contribution in [0.4, 0.5) is 19.1 Å². The van der Waals surface area contributed by atoms with Gasteiger partial charge in [0.05, 0.1) is 6.20 Å². The van der Waals surface area contributed by atoms with Crippen molar-refractivity contribution in [3.8, 4) is 5.75 Å². The van der Waals surface area contributed by atoms with E-state index in [0.29, 0.717) is 13.1 Å². The van der Waals surface area contributed by atoms with Gasteiger partial charge in [-0.15, -0.1) is 0 Å². The van der Waals surface area contributed by atoms with Crippen LogP contribution >= 0.6 is 0 Å². The van der Waals surface area contributed by atoms with Gasteiger partial charge in [0.1, 0.15) is 0 Å². The van der Waals surface area contributed by atoms with Crippen LogP contribution in [0.1, 0.15) is 12.1 Å². The largest absolute Gasteiger partial charge is 0.504 e. The molecule has 1 aliphatic heterocycles. The Kier molecular flexibility index (Phi) is 2.17. The van der Waals surface area contributed by atoms with Crippen molar-refractivity contribution < 1.29 is 18.3 Å². The van der Waals surface area contributed by atoms with E-state index in [1.54, 1.807) is 4.90 Å². The fourth-order valence-corrected chi connectivity index (χ4v) is 1.24. The zero-order valence-electron chi connectivity index (χ0n) is 7.62. The highest BCUT2D eigenvalue weighted by molar-refractivity contribution is 5.38. The summed E-state index contributed by atoms with van der Waals surface area (Å²) in [7, 11) is 0. The highest BCUT2D eigenvalue weighted by atomic mass is 19.4. The topological polar surface area (TPSA) is 49.3 Å². The number of halogens is 3. The van der Waals surface area contributed by atoms with Crippen molar-refractivity contribution >= 4 is 5.95 Å². The zero-order valence-corrected chi connectivity index (χ0v) is 7.62. The van der Waals surface area contributed by atoms with Crippen LogP contribution in [0, 0.1) is 0 Å². The third kappa shape index (κ3) is 1.81. The van der Waals surface area contributed by atoms with Crippen molar-refractivity contribution in [3.05, 3.63) is 11.9 Å². The summed E-state index contributed by atoms with van der Waals surface area (Å²) in [4.78, 5) is 8.56. The molecular weight excluding hydrogens is 211 g/mol. The number of anilines is 1. The standard InChI is InChI=1S/C8H8F3N3O/c9-8(10,11)6-5(15)4-12-7(13-6)14-2-1-3-14/h4,15H,1-3H2. The first-order valence-electron chi connectivity index (χ1n) is 4.36. The summed E-state index contributed by atoms with van der Waals surface area (Å²) < 4.78 is 37.0. The molecule has 0 radical (unpaired) electrons. The minimum atomic E-state index is -4.65. The van der Waals surface area contributed by atoms with Crippen LogP contribution in [0.2, 0.25) is 0 Å². The van der Waals surface area contributed by atoms with Crippen LogP contribution in [0.5, 0.6) is 5.75 Å². The van der Waals surface area contributed by atoms with Crippen molar-refractivity contribution in [2.24, 2.45) is 0 Å².